The maximum absolute atomic E-state index is 13.7. The van der Waals surface area contributed by atoms with Crippen LogP contribution in [-0.2, 0) is 18.3 Å². The number of carbonyl (C=O) groups is 1. The Morgan fingerprint density at radius 1 is 1.15 bits per heavy atom. The molecule has 0 radical (unpaired) electrons. The SMILES string of the molecule is CCCCC(CC)C(=O)N(CCc1ccccc1)C(C)c1nc2cc(Cl)ccc2c(=O)n1C. The van der Waals surface area contributed by atoms with Crippen LogP contribution in [0.25, 0.3) is 10.9 Å². The quantitative estimate of drug-likeness (QED) is 0.371. The normalized spacial score (nSPS) is 13.1. The topological polar surface area (TPSA) is 55.2 Å². The van der Waals surface area contributed by atoms with Gasteiger partial charge in [0.05, 0.1) is 16.9 Å². The Hall–Kier alpha value is -2.66. The predicted octanol–water partition coefficient (Wildman–Crippen LogP) is 5.94. The lowest BCUT2D eigenvalue weighted by Gasteiger charge is -2.33. The van der Waals surface area contributed by atoms with Crippen LogP contribution in [0.3, 0.4) is 0 Å². The van der Waals surface area contributed by atoms with Gasteiger partial charge in [-0.1, -0.05) is 68.6 Å². The van der Waals surface area contributed by atoms with Gasteiger partial charge in [0.1, 0.15) is 5.82 Å². The number of hydrogen-bond donors (Lipinski definition) is 0. The van der Waals surface area contributed by atoms with Crippen LogP contribution < -0.4 is 5.56 Å². The third-order valence-corrected chi connectivity index (χ3v) is 6.67. The molecule has 2 unspecified atom stereocenters. The molecule has 0 aliphatic carbocycles. The average Bonchev–Trinajstić information content (AvgIpc) is 2.82. The molecule has 0 spiro atoms. The Bertz CT molecular complexity index is 1140. The molecular formula is C27H34ClN3O2. The molecular weight excluding hydrogens is 434 g/mol. The van der Waals surface area contributed by atoms with Crippen molar-refractivity contribution in [3.63, 3.8) is 0 Å². The van der Waals surface area contributed by atoms with Gasteiger partial charge in [-0.05, 0) is 49.9 Å². The fourth-order valence-corrected chi connectivity index (χ4v) is 4.52. The van der Waals surface area contributed by atoms with Crippen molar-refractivity contribution in [2.45, 2.75) is 58.9 Å². The van der Waals surface area contributed by atoms with Crippen molar-refractivity contribution in [2.24, 2.45) is 13.0 Å². The van der Waals surface area contributed by atoms with Gasteiger partial charge < -0.3 is 4.90 Å². The summed E-state index contributed by atoms with van der Waals surface area (Å²) in [6.07, 6.45) is 4.50. The molecule has 0 saturated heterocycles. The number of rotatable bonds is 10. The minimum Gasteiger partial charge on any atom is -0.332 e. The molecule has 3 aromatic rings. The number of hydrogen-bond acceptors (Lipinski definition) is 3. The Morgan fingerprint density at radius 2 is 1.88 bits per heavy atom. The maximum atomic E-state index is 13.7. The van der Waals surface area contributed by atoms with Gasteiger partial charge in [0, 0.05) is 24.5 Å². The second-order valence-electron chi connectivity index (χ2n) is 8.69. The van der Waals surface area contributed by atoms with E-state index in [-0.39, 0.29) is 23.4 Å². The van der Waals surface area contributed by atoms with Crippen molar-refractivity contribution in [3.05, 3.63) is 75.3 Å². The molecule has 2 aromatic carbocycles. The third kappa shape index (κ3) is 5.83. The lowest BCUT2D eigenvalue weighted by atomic mass is 9.96. The molecule has 0 fully saturated rings. The molecule has 33 heavy (non-hydrogen) atoms. The fraction of sp³-hybridized carbons (Fsp3) is 0.444. The van der Waals surface area contributed by atoms with E-state index in [9.17, 15) is 9.59 Å². The molecule has 2 atom stereocenters. The molecule has 5 nitrogen and oxygen atoms in total. The summed E-state index contributed by atoms with van der Waals surface area (Å²) >= 11 is 6.17. The van der Waals surface area contributed by atoms with Crippen LogP contribution in [0.5, 0.6) is 0 Å². The largest absolute Gasteiger partial charge is 0.332 e. The Kier molecular flexibility index (Phi) is 8.67. The van der Waals surface area contributed by atoms with Gasteiger partial charge in [0.25, 0.3) is 5.56 Å². The average molecular weight is 468 g/mol. The van der Waals surface area contributed by atoms with Gasteiger partial charge in [0.15, 0.2) is 0 Å². The van der Waals surface area contributed by atoms with Gasteiger partial charge in [-0.15, -0.1) is 0 Å². The Labute approximate surface area is 201 Å². The molecule has 0 aliphatic rings. The highest BCUT2D eigenvalue weighted by Crippen LogP contribution is 2.26. The van der Waals surface area contributed by atoms with Gasteiger partial charge in [0.2, 0.25) is 5.91 Å². The predicted molar refractivity (Wildman–Crippen MR) is 136 cm³/mol. The van der Waals surface area contributed by atoms with Crippen LogP contribution in [0.2, 0.25) is 5.02 Å². The number of halogens is 1. The molecule has 0 saturated carbocycles. The maximum Gasteiger partial charge on any atom is 0.261 e. The van der Waals surface area contributed by atoms with Crippen molar-refractivity contribution in [3.8, 4) is 0 Å². The Morgan fingerprint density at radius 3 is 2.55 bits per heavy atom. The minimum absolute atomic E-state index is 0.0323. The number of nitrogens with zero attached hydrogens (tertiary/aromatic N) is 3. The standard InChI is InChI=1S/C27H34ClN3O2/c1-5-7-13-21(6-2)26(32)31(17-16-20-11-9-8-10-12-20)19(3)25-29-24-18-22(28)14-15-23(24)27(33)30(25)4/h8-12,14-15,18-19,21H,5-7,13,16-17H2,1-4H3. The first-order chi connectivity index (χ1) is 15.9. The van der Waals surface area contributed by atoms with Gasteiger partial charge in [-0.2, -0.15) is 0 Å². The smallest absolute Gasteiger partial charge is 0.261 e. The van der Waals surface area contributed by atoms with E-state index in [0.29, 0.717) is 28.3 Å². The number of amides is 1. The molecule has 0 aliphatic heterocycles. The summed E-state index contributed by atoms with van der Waals surface area (Å²) in [5.74, 6) is 0.673. The van der Waals surface area contributed by atoms with Gasteiger partial charge in [-0.3, -0.25) is 14.2 Å². The van der Waals surface area contributed by atoms with Crippen molar-refractivity contribution in [2.75, 3.05) is 6.54 Å². The first-order valence-electron chi connectivity index (χ1n) is 11.9. The first kappa shape index (κ1) is 25.0. The van der Waals surface area contributed by atoms with Crippen molar-refractivity contribution in [1.82, 2.24) is 14.5 Å². The summed E-state index contributed by atoms with van der Waals surface area (Å²) in [5, 5.41) is 1.05. The fourth-order valence-electron chi connectivity index (χ4n) is 4.35. The zero-order valence-corrected chi connectivity index (χ0v) is 20.8. The van der Waals surface area contributed by atoms with E-state index in [1.807, 2.05) is 30.0 Å². The van der Waals surface area contributed by atoms with E-state index in [1.54, 1.807) is 29.8 Å². The monoisotopic (exact) mass is 467 g/mol. The first-order valence-corrected chi connectivity index (χ1v) is 12.3. The zero-order chi connectivity index (χ0) is 24.0. The molecule has 1 heterocycles. The number of aromatic nitrogens is 2. The highest BCUT2D eigenvalue weighted by molar-refractivity contribution is 6.31. The third-order valence-electron chi connectivity index (χ3n) is 6.43. The van der Waals surface area contributed by atoms with Gasteiger partial charge >= 0.3 is 0 Å². The van der Waals surface area contributed by atoms with Crippen molar-refractivity contribution < 1.29 is 4.79 Å². The molecule has 1 amide bonds. The molecule has 1 aromatic heterocycles. The molecule has 0 bridgehead atoms. The number of unbranched alkanes of at least 4 members (excludes halogenated alkanes) is 1. The van der Waals surface area contributed by atoms with E-state index < -0.39 is 0 Å². The highest BCUT2D eigenvalue weighted by atomic mass is 35.5. The summed E-state index contributed by atoms with van der Waals surface area (Å²) in [7, 11) is 1.73. The van der Waals surface area contributed by atoms with E-state index >= 15 is 0 Å². The zero-order valence-electron chi connectivity index (χ0n) is 20.1. The number of fused-ring (bicyclic) bond motifs is 1. The number of carbonyl (C=O) groups excluding carboxylic acids is 1. The summed E-state index contributed by atoms with van der Waals surface area (Å²) in [4.78, 5) is 33.5. The highest BCUT2D eigenvalue weighted by Gasteiger charge is 2.29. The van der Waals surface area contributed by atoms with Crippen LogP contribution in [0, 0.1) is 5.92 Å². The number of benzene rings is 2. The molecule has 3 rings (SSSR count). The molecule has 0 N–H and O–H groups in total. The van der Waals surface area contributed by atoms with Crippen LogP contribution >= 0.6 is 11.6 Å². The summed E-state index contributed by atoms with van der Waals surface area (Å²) in [6, 6.07) is 14.9. The summed E-state index contributed by atoms with van der Waals surface area (Å²) < 4.78 is 1.57. The second kappa shape index (κ2) is 11.5. The van der Waals surface area contributed by atoms with Crippen LogP contribution in [0.4, 0.5) is 0 Å². The van der Waals surface area contributed by atoms with E-state index in [4.69, 9.17) is 16.6 Å². The molecule has 176 valence electrons. The van der Waals surface area contributed by atoms with Crippen LogP contribution in [-0.4, -0.2) is 26.9 Å². The van der Waals surface area contributed by atoms with E-state index in [1.165, 1.54) is 5.56 Å². The second-order valence-corrected chi connectivity index (χ2v) is 9.12. The Balaban J connectivity index is 2.00. The van der Waals surface area contributed by atoms with E-state index in [2.05, 4.69) is 26.0 Å². The summed E-state index contributed by atoms with van der Waals surface area (Å²) in [6.45, 7) is 6.75. The molecule has 6 heteroatoms. The lowest BCUT2D eigenvalue weighted by Crippen LogP contribution is -2.41. The van der Waals surface area contributed by atoms with Crippen molar-refractivity contribution >= 4 is 28.4 Å². The van der Waals surface area contributed by atoms with Gasteiger partial charge in [-0.25, -0.2) is 4.98 Å². The lowest BCUT2D eigenvalue weighted by molar-refractivity contribution is -0.138. The van der Waals surface area contributed by atoms with Crippen LogP contribution in [0.15, 0.2) is 53.3 Å². The van der Waals surface area contributed by atoms with Crippen molar-refractivity contribution in [1.29, 1.82) is 0 Å². The van der Waals surface area contributed by atoms with E-state index in [0.717, 1.165) is 32.1 Å². The van der Waals surface area contributed by atoms with Crippen LogP contribution in [0.1, 0.15) is 63.9 Å². The summed E-state index contributed by atoms with van der Waals surface area (Å²) in [5.41, 5.74) is 1.60. The minimum atomic E-state index is -0.349.